The SMILES string of the molecule is C[Si](C)(C)COCCn1ncc([N+](=O)[O-])c1N1CCCCC1. The number of hydrogen-bond acceptors (Lipinski definition) is 5. The minimum Gasteiger partial charge on any atom is -0.383 e. The van der Waals surface area contributed by atoms with Crippen LogP contribution in [0.5, 0.6) is 0 Å². The summed E-state index contributed by atoms with van der Waals surface area (Å²) in [5.41, 5.74) is 0.104. The topological polar surface area (TPSA) is 73.4 Å². The molecule has 0 spiro atoms. The van der Waals surface area contributed by atoms with Gasteiger partial charge in [0.25, 0.3) is 0 Å². The quantitative estimate of drug-likeness (QED) is 0.333. The first kappa shape index (κ1) is 16.9. The zero-order chi connectivity index (χ0) is 16.2. The second-order valence-corrected chi connectivity index (χ2v) is 12.4. The second kappa shape index (κ2) is 7.23. The molecule has 1 fully saturated rings. The number of aromatic nitrogens is 2. The standard InChI is InChI=1S/C14H26N4O3Si/c1-22(2,3)12-21-10-9-17-14(13(11-15-17)18(19)20)16-7-5-4-6-8-16/h11H,4-10,12H2,1-3H3. The van der Waals surface area contributed by atoms with E-state index in [0.717, 1.165) is 32.2 Å². The first-order chi connectivity index (χ1) is 10.4. The monoisotopic (exact) mass is 326 g/mol. The molecule has 0 aromatic carbocycles. The fourth-order valence-electron chi connectivity index (χ4n) is 2.62. The van der Waals surface area contributed by atoms with Gasteiger partial charge in [-0.3, -0.25) is 10.1 Å². The molecule has 1 aromatic rings. The van der Waals surface area contributed by atoms with Gasteiger partial charge in [-0.05, 0) is 19.3 Å². The van der Waals surface area contributed by atoms with E-state index < -0.39 is 8.07 Å². The van der Waals surface area contributed by atoms with Crippen molar-refractivity contribution in [2.24, 2.45) is 0 Å². The van der Waals surface area contributed by atoms with Crippen LogP contribution in [-0.2, 0) is 11.3 Å². The molecule has 0 N–H and O–H groups in total. The summed E-state index contributed by atoms with van der Waals surface area (Å²) in [6.45, 7) is 9.60. The number of piperidine rings is 1. The summed E-state index contributed by atoms with van der Waals surface area (Å²) >= 11 is 0. The van der Waals surface area contributed by atoms with Gasteiger partial charge in [-0.25, -0.2) is 4.68 Å². The third-order valence-electron chi connectivity index (χ3n) is 3.63. The van der Waals surface area contributed by atoms with Crippen LogP contribution < -0.4 is 4.90 Å². The Hall–Kier alpha value is -1.41. The average Bonchev–Trinajstić information content (AvgIpc) is 2.87. The van der Waals surface area contributed by atoms with E-state index >= 15 is 0 Å². The number of nitro groups is 1. The van der Waals surface area contributed by atoms with Crippen LogP contribution in [0.2, 0.25) is 19.6 Å². The number of nitrogens with zero attached hydrogens (tertiary/aromatic N) is 4. The molecule has 0 saturated carbocycles. The average molecular weight is 326 g/mol. The van der Waals surface area contributed by atoms with Crippen LogP contribution >= 0.6 is 0 Å². The highest BCUT2D eigenvalue weighted by molar-refractivity contribution is 6.76. The van der Waals surface area contributed by atoms with Crippen molar-refractivity contribution < 1.29 is 9.66 Å². The highest BCUT2D eigenvalue weighted by Crippen LogP contribution is 2.30. The fraction of sp³-hybridized carbons (Fsp3) is 0.786. The van der Waals surface area contributed by atoms with Crippen molar-refractivity contribution in [2.75, 3.05) is 30.8 Å². The maximum absolute atomic E-state index is 11.2. The van der Waals surface area contributed by atoms with Crippen LogP contribution in [0.1, 0.15) is 19.3 Å². The van der Waals surface area contributed by atoms with Gasteiger partial charge >= 0.3 is 5.69 Å². The molecule has 0 aliphatic carbocycles. The summed E-state index contributed by atoms with van der Waals surface area (Å²) in [6.07, 6.45) is 5.51. The molecule has 0 radical (unpaired) electrons. The molecule has 0 bridgehead atoms. The van der Waals surface area contributed by atoms with E-state index in [1.54, 1.807) is 4.68 Å². The van der Waals surface area contributed by atoms with Crippen molar-refractivity contribution in [1.29, 1.82) is 0 Å². The molecule has 1 aromatic heterocycles. The summed E-state index contributed by atoms with van der Waals surface area (Å²) < 4.78 is 7.46. The minimum atomic E-state index is -1.22. The third-order valence-corrected chi connectivity index (χ3v) is 4.70. The van der Waals surface area contributed by atoms with Crippen molar-refractivity contribution in [3.05, 3.63) is 16.3 Å². The van der Waals surface area contributed by atoms with Gasteiger partial charge in [0.1, 0.15) is 6.20 Å². The summed E-state index contributed by atoms with van der Waals surface area (Å²) in [5.74, 6) is 0.640. The van der Waals surface area contributed by atoms with Gasteiger partial charge in [0.05, 0.1) is 26.1 Å². The van der Waals surface area contributed by atoms with E-state index in [1.165, 1.54) is 12.6 Å². The fourth-order valence-corrected chi connectivity index (χ4v) is 3.38. The van der Waals surface area contributed by atoms with E-state index in [1.807, 2.05) is 0 Å². The predicted molar refractivity (Wildman–Crippen MR) is 89.1 cm³/mol. The highest BCUT2D eigenvalue weighted by Gasteiger charge is 2.26. The van der Waals surface area contributed by atoms with Crippen LogP contribution in [0.4, 0.5) is 11.5 Å². The lowest BCUT2D eigenvalue weighted by Gasteiger charge is -2.28. The molecule has 22 heavy (non-hydrogen) atoms. The lowest BCUT2D eigenvalue weighted by molar-refractivity contribution is -0.384. The van der Waals surface area contributed by atoms with Crippen molar-refractivity contribution >= 4 is 19.6 Å². The number of rotatable bonds is 7. The molecule has 7 nitrogen and oxygen atoms in total. The van der Waals surface area contributed by atoms with Crippen LogP contribution in [0.15, 0.2) is 6.20 Å². The predicted octanol–water partition coefficient (Wildman–Crippen LogP) is 2.68. The van der Waals surface area contributed by atoms with Crippen molar-refractivity contribution in [3.63, 3.8) is 0 Å². The van der Waals surface area contributed by atoms with Crippen molar-refractivity contribution in [2.45, 2.75) is 45.4 Å². The summed E-state index contributed by atoms with van der Waals surface area (Å²) in [4.78, 5) is 13.0. The van der Waals surface area contributed by atoms with Crippen molar-refractivity contribution in [3.8, 4) is 0 Å². The van der Waals surface area contributed by atoms with Gasteiger partial charge in [-0.2, -0.15) is 5.10 Å². The maximum Gasteiger partial charge on any atom is 0.331 e. The molecular weight excluding hydrogens is 300 g/mol. The molecule has 0 atom stereocenters. The van der Waals surface area contributed by atoms with Gasteiger partial charge in [-0.15, -0.1) is 0 Å². The Labute approximate surface area is 132 Å². The zero-order valence-electron chi connectivity index (χ0n) is 13.7. The second-order valence-electron chi connectivity index (χ2n) is 6.99. The molecule has 0 unspecified atom stereocenters. The molecule has 2 rings (SSSR count). The number of ether oxygens (including phenoxy) is 1. The highest BCUT2D eigenvalue weighted by atomic mass is 28.3. The molecule has 1 aliphatic rings. The lowest BCUT2D eigenvalue weighted by atomic mass is 10.1. The first-order valence-corrected chi connectivity index (χ1v) is 11.6. The Morgan fingerprint density at radius 1 is 1.32 bits per heavy atom. The molecule has 8 heteroatoms. The zero-order valence-corrected chi connectivity index (χ0v) is 14.7. The van der Waals surface area contributed by atoms with Crippen LogP contribution in [0.3, 0.4) is 0 Å². The van der Waals surface area contributed by atoms with E-state index in [9.17, 15) is 10.1 Å². The van der Waals surface area contributed by atoms with Gasteiger partial charge in [0, 0.05) is 19.3 Å². The molecular formula is C14H26N4O3Si. The van der Waals surface area contributed by atoms with E-state index in [2.05, 4.69) is 29.6 Å². The van der Waals surface area contributed by atoms with Crippen LogP contribution in [0.25, 0.3) is 0 Å². The Morgan fingerprint density at radius 3 is 2.59 bits per heavy atom. The minimum absolute atomic E-state index is 0.104. The molecule has 1 saturated heterocycles. The third kappa shape index (κ3) is 4.54. The van der Waals surface area contributed by atoms with Crippen molar-refractivity contribution in [1.82, 2.24) is 9.78 Å². The summed E-state index contributed by atoms with van der Waals surface area (Å²) in [6, 6.07) is 0. The molecule has 124 valence electrons. The summed E-state index contributed by atoms with van der Waals surface area (Å²) in [5, 5.41) is 15.5. The molecule has 0 amide bonds. The van der Waals surface area contributed by atoms with E-state index in [4.69, 9.17) is 4.74 Å². The smallest absolute Gasteiger partial charge is 0.331 e. The van der Waals surface area contributed by atoms with Crippen LogP contribution in [0, 0.1) is 10.1 Å². The lowest BCUT2D eigenvalue weighted by Crippen LogP contribution is -2.33. The van der Waals surface area contributed by atoms with Gasteiger partial charge in [0.15, 0.2) is 0 Å². The molecule has 1 aliphatic heterocycles. The normalized spacial score (nSPS) is 16.0. The van der Waals surface area contributed by atoms with Gasteiger partial charge < -0.3 is 9.64 Å². The first-order valence-electron chi connectivity index (χ1n) is 7.91. The summed E-state index contributed by atoms with van der Waals surface area (Å²) in [7, 11) is -1.22. The Bertz CT molecular complexity index is 507. The largest absolute Gasteiger partial charge is 0.383 e. The molecule has 2 heterocycles. The Morgan fingerprint density at radius 2 is 2.00 bits per heavy atom. The van der Waals surface area contributed by atoms with Crippen LogP contribution in [-0.4, -0.2) is 48.7 Å². The van der Waals surface area contributed by atoms with Gasteiger partial charge in [-0.1, -0.05) is 19.6 Å². The number of anilines is 1. The van der Waals surface area contributed by atoms with E-state index in [0.29, 0.717) is 19.0 Å². The maximum atomic E-state index is 11.2. The van der Waals surface area contributed by atoms with E-state index in [-0.39, 0.29) is 10.6 Å². The van der Waals surface area contributed by atoms with Gasteiger partial charge in [0.2, 0.25) is 5.82 Å². The Kier molecular flexibility index (Phi) is 5.57. The number of hydrogen-bond donors (Lipinski definition) is 0. The Balaban J connectivity index is 2.05.